The van der Waals surface area contributed by atoms with E-state index < -0.39 is 15.8 Å². The number of nitrogens with zero attached hydrogens (tertiary/aromatic N) is 2. The van der Waals surface area contributed by atoms with Crippen LogP contribution in [0.3, 0.4) is 0 Å². The predicted molar refractivity (Wildman–Crippen MR) is 112 cm³/mol. The van der Waals surface area contributed by atoms with Crippen LogP contribution >= 0.6 is 22.7 Å². The summed E-state index contributed by atoms with van der Waals surface area (Å²) in [5.74, 6) is -0.900. The van der Waals surface area contributed by atoms with Crippen LogP contribution in [0.5, 0.6) is 0 Å². The van der Waals surface area contributed by atoms with Gasteiger partial charge in [-0.3, -0.25) is 4.79 Å². The van der Waals surface area contributed by atoms with Gasteiger partial charge in [0.2, 0.25) is 15.9 Å². The number of carbonyl (C=O) groups excluding carboxylic acids is 1. The Bertz CT molecular complexity index is 1090. The van der Waals surface area contributed by atoms with Gasteiger partial charge >= 0.3 is 0 Å². The maximum atomic E-state index is 13.1. The summed E-state index contributed by atoms with van der Waals surface area (Å²) in [7, 11) is -3.68. The first kappa shape index (κ1) is 20.1. The van der Waals surface area contributed by atoms with E-state index in [-0.39, 0.29) is 29.8 Å². The lowest BCUT2D eigenvalue weighted by atomic mass is 9.97. The van der Waals surface area contributed by atoms with Crippen molar-refractivity contribution < 1.29 is 17.6 Å². The third-order valence-corrected chi connectivity index (χ3v) is 8.35. The second kappa shape index (κ2) is 8.31. The third-order valence-electron chi connectivity index (χ3n) is 4.78. The molecule has 1 aliphatic heterocycles. The minimum absolute atomic E-state index is 0.0608. The molecule has 1 aromatic carbocycles. The van der Waals surface area contributed by atoms with Gasteiger partial charge < -0.3 is 5.32 Å². The molecule has 0 bridgehead atoms. The molecule has 6 nitrogen and oxygen atoms in total. The first-order chi connectivity index (χ1) is 13.9. The van der Waals surface area contributed by atoms with Gasteiger partial charge in [-0.05, 0) is 48.6 Å². The highest BCUT2D eigenvalue weighted by molar-refractivity contribution is 7.89. The molecule has 2 aromatic heterocycles. The highest BCUT2D eigenvalue weighted by atomic mass is 32.2. The first-order valence-electron chi connectivity index (χ1n) is 8.99. The van der Waals surface area contributed by atoms with Crippen LogP contribution in [-0.4, -0.2) is 36.7 Å². The number of benzene rings is 1. The first-order valence-corrected chi connectivity index (χ1v) is 12.2. The van der Waals surface area contributed by atoms with Gasteiger partial charge in [0.1, 0.15) is 5.82 Å². The zero-order valence-corrected chi connectivity index (χ0v) is 17.7. The number of halogens is 1. The van der Waals surface area contributed by atoms with Gasteiger partial charge in [0.05, 0.1) is 15.5 Å². The number of thiophene rings is 1. The Morgan fingerprint density at radius 1 is 1.14 bits per heavy atom. The molecule has 1 amide bonds. The van der Waals surface area contributed by atoms with Gasteiger partial charge in [-0.2, -0.15) is 4.31 Å². The maximum Gasteiger partial charge on any atom is 0.243 e. The normalized spacial score (nSPS) is 16.0. The fraction of sp³-hybridized carbons (Fsp3) is 0.263. The maximum absolute atomic E-state index is 13.1. The van der Waals surface area contributed by atoms with E-state index >= 15 is 0 Å². The number of sulfonamides is 1. The van der Waals surface area contributed by atoms with E-state index in [0.717, 1.165) is 22.7 Å². The standard InChI is InChI=1S/C19H18FN3O3S3/c20-14-3-5-15(6-4-14)29(25,26)23-9-7-13(8-10-23)18(24)22-19-21-16(12-28-19)17-2-1-11-27-17/h1-6,11-13H,7-10H2,(H,21,22,24). The minimum Gasteiger partial charge on any atom is -0.302 e. The van der Waals surface area contributed by atoms with Gasteiger partial charge in [0.15, 0.2) is 5.13 Å². The Kier molecular flexibility index (Phi) is 5.77. The molecule has 4 rings (SSSR count). The molecule has 1 saturated heterocycles. The highest BCUT2D eigenvalue weighted by Crippen LogP contribution is 2.29. The number of anilines is 1. The number of thiazole rings is 1. The van der Waals surface area contributed by atoms with Crippen molar-refractivity contribution in [3.8, 4) is 10.6 Å². The number of carbonyl (C=O) groups is 1. The van der Waals surface area contributed by atoms with E-state index in [1.54, 1.807) is 11.3 Å². The molecule has 3 aromatic rings. The summed E-state index contributed by atoms with van der Waals surface area (Å²) in [6.45, 7) is 0.492. The number of hydrogen-bond acceptors (Lipinski definition) is 6. The van der Waals surface area contributed by atoms with Crippen molar-refractivity contribution in [2.45, 2.75) is 17.7 Å². The van der Waals surface area contributed by atoms with E-state index in [2.05, 4.69) is 10.3 Å². The zero-order chi connectivity index (χ0) is 20.4. The van der Waals surface area contributed by atoms with Crippen molar-refractivity contribution in [2.75, 3.05) is 18.4 Å². The Labute approximate surface area is 176 Å². The summed E-state index contributed by atoms with van der Waals surface area (Å²) in [6, 6.07) is 8.71. The Morgan fingerprint density at radius 3 is 2.52 bits per heavy atom. The van der Waals surface area contributed by atoms with Crippen LogP contribution < -0.4 is 5.32 Å². The lowest BCUT2D eigenvalue weighted by Crippen LogP contribution is -2.41. The molecule has 0 atom stereocenters. The van der Waals surface area contributed by atoms with Crippen LogP contribution in [0.25, 0.3) is 10.6 Å². The molecular formula is C19H18FN3O3S3. The molecule has 0 aliphatic carbocycles. The SMILES string of the molecule is O=C(Nc1nc(-c2cccs2)cs1)C1CCN(S(=O)(=O)c2ccc(F)cc2)CC1. The molecular weight excluding hydrogens is 433 g/mol. The van der Waals surface area contributed by atoms with Gasteiger partial charge in [0.25, 0.3) is 0 Å². The lowest BCUT2D eigenvalue weighted by Gasteiger charge is -2.30. The number of aromatic nitrogens is 1. The lowest BCUT2D eigenvalue weighted by molar-refractivity contribution is -0.120. The van der Waals surface area contributed by atoms with Gasteiger partial charge in [-0.15, -0.1) is 22.7 Å². The molecule has 0 unspecified atom stereocenters. The monoisotopic (exact) mass is 451 g/mol. The Morgan fingerprint density at radius 2 is 1.86 bits per heavy atom. The number of hydrogen-bond donors (Lipinski definition) is 1. The molecule has 0 spiro atoms. The van der Waals surface area contributed by atoms with Crippen molar-refractivity contribution in [2.24, 2.45) is 5.92 Å². The summed E-state index contributed by atoms with van der Waals surface area (Å²) < 4.78 is 39.8. The van der Waals surface area contributed by atoms with E-state index in [0.29, 0.717) is 18.0 Å². The van der Waals surface area contributed by atoms with Crippen molar-refractivity contribution in [3.63, 3.8) is 0 Å². The smallest absolute Gasteiger partial charge is 0.243 e. The molecule has 10 heteroatoms. The minimum atomic E-state index is -3.68. The van der Waals surface area contributed by atoms with Crippen molar-refractivity contribution in [1.29, 1.82) is 0 Å². The fourth-order valence-electron chi connectivity index (χ4n) is 3.19. The molecule has 0 radical (unpaired) electrons. The largest absolute Gasteiger partial charge is 0.302 e. The molecule has 152 valence electrons. The number of nitrogens with one attached hydrogen (secondary N) is 1. The average molecular weight is 452 g/mol. The van der Waals surface area contributed by atoms with Crippen molar-refractivity contribution in [3.05, 3.63) is 53.0 Å². The highest BCUT2D eigenvalue weighted by Gasteiger charge is 2.32. The van der Waals surface area contributed by atoms with Crippen LogP contribution in [0.2, 0.25) is 0 Å². The quantitative estimate of drug-likeness (QED) is 0.635. The summed E-state index contributed by atoms with van der Waals surface area (Å²) in [6.07, 6.45) is 0.852. The average Bonchev–Trinajstić information content (AvgIpc) is 3.40. The van der Waals surface area contributed by atoms with Crippen LogP contribution in [0, 0.1) is 11.7 Å². The molecule has 1 aliphatic rings. The van der Waals surface area contributed by atoms with Crippen LogP contribution in [0.15, 0.2) is 52.1 Å². The van der Waals surface area contributed by atoms with Crippen molar-refractivity contribution >= 4 is 43.7 Å². The molecule has 1 N–H and O–H groups in total. The van der Waals surface area contributed by atoms with Gasteiger partial charge in [0, 0.05) is 24.4 Å². The fourth-order valence-corrected chi connectivity index (χ4v) is 6.13. The topological polar surface area (TPSA) is 79.4 Å². The van der Waals surface area contributed by atoms with Crippen LogP contribution in [0.1, 0.15) is 12.8 Å². The summed E-state index contributed by atoms with van der Waals surface area (Å²) in [5.41, 5.74) is 0.834. The van der Waals surface area contributed by atoms with E-state index in [4.69, 9.17) is 0 Å². The van der Waals surface area contributed by atoms with E-state index in [1.165, 1.54) is 27.8 Å². The number of piperidine rings is 1. The molecule has 1 fully saturated rings. The summed E-state index contributed by atoms with van der Waals surface area (Å²) >= 11 is 2.96. The third kappa shape index (κ3) is 4.40. The summed E-state index contributed by atoms with van der Waals surface area (Å²) in [5, 5.41) is 7.27. The number of rotatable bonds is 5. The van der Waals surface area contributed by atoms with E-state index in [1.807, 2.05) is 22.9 Å². The second-order valence-electron chi connectivity index (χ2n) is 6.64. The van der Waals surface area contributed by atoms with Gasteiger partial charge in [-0.25, -0.2) is 17.8 Å². The van der Waals surface area contributed by atoms with Crippen LogP contribution in [-0.2, 0) is 14.8 Å². The molecule has 29 heavy (non-hydrogen) atoms. The van der Waals surface area contributed by atoms with Gasteiger partial charge in [-0.1, -0.05) is 6.07 Å². The Balaban J connectivity index is 1.35. The summed E-state index contributed by atoms with van der Waals surface area (Å²) in [4.78, 5) is 18.1. The molecule has 3 heterocycles. The van der Waals surface area contributed by atoms with Crippen molar-refractivity contribution in [1.82, 2.24) is 9.29 Å². The predicted octanol–water partition coefficient (Wildman–Crippen LogP) is 4.05. The Hall–Kier alpha value is -2.14. The van der Waals surface area contributed by atoms with E-state index in [9.17, 15) is 17.6 Å². The molecule has 0 saturated carbocycles. The second-order valence-corrected chi connectivity index (χ2v) is 10.4. The number of amides is 1. The zero-order valence-electron chi connectivity index (χ0n) is 15.2. The van der Waals surface area contributed by atoms with Crippen LogP contribution in [0.4, 0.5) is 9.52 Å².